The summed E-state index contributed by atoms with van der Waals surface area (Å²) in [6.45, 7) is 3.24. The number of rotatable bonds is 2. The molecule has 5 nitrogen and oxygen atoms in total. The summed E-state index contributed by atoms with van der Waals surface area (Å²) in [7, 11) is 0. The van der Waals surface area contributed by atoms with Gasteiger partial charge in [0.05, 0.1) is 5.60 Å². The molecular weight excluding hydrogens is 224 g/mol. The van der Waals surface area contributed by atoms with Crippen LogP contribution in [-0.2, 0) is 0 Å². The summed E-state index contributed by atoms with van der Waals surface area (Å²) in [5, 5.41) is 10.6. The van der Waals surface area contributed by atoms with Crippen molar-refractivity contribution in [2.75, 3.05) is 30.0 Å². The quantitative estimate of drug-likeness (QED) is 0.586. The highest BCUT2D eigenvalue weighted by molar-refractivity contribution is 7.98. The standard InChI is InChI=1S/C10H16N4OS/c1-10(15)3-4-14(6-10)8-5-7(11)12-9(13-8)16-2/h5,15H,3-4,6H2,1-2H3,(H2,11,12,13). The third-order valence-electron chi connectivity index (χ3n) is 2.67. The van der Waals surface area contributed by atoms with Gasteiger partial charge < -0.3 is 15.7 Å². The lowest BCUT2D eigenvalue weighted by molar-refractivity contribution is 0.0839. The smallest absolute Gasteiger partial charge is 0.191 e. The summed E-state index contributed by atoms with van der Waals surface area (Å²) < 4.78 is 0. The van der Waals surface area contributed by atoms with Gasteiger partial charge in [-0.15, -0.1) is 0 Å². The van der Waals surface area contributed by atoms with Crippen LogP contribution in [0.1, 0.15) is 13.3 Å². The third kappa shape index (κ3) is 2.38. The Bertz CT molecular complexity index is 396. The molecule has 2 rings (SSSR count). The molecule has 6 heteroatoms. The molecule has 1 aromatic heterocycles. The van der Waals surface area contributed by atoms with Gasteiger partial charge in [0.15, 0.2) is 5.16 Å². The van der Waals surface area contributed by atoms with Crippen LogP contribution in [0, 0.1) is 0 Å². The predicted octanol–water partition coefficient (Wildman–Crippen LogP) is 0.742. The number of hydrogen-bond acceptors (Lipinski definition) is 6. The lowest BCUT2D eigenvalue weighted by Crippen LogP contribution is -2.30. The van der Waals surface area contributed by atoms with Gasteiger partial charge in [-0.2, -0.15) is 0 Å². The second-order valence-electron chi connectivity index (χ2n) is 4.31. The van der Waals surface area contributed by atoms with E-state index in [1.54, 1.807) is 6.07 Å². The van der Waals surface area contributed by atoms with E-state index in [0.29, 0.717) is 17.5 Å². The molecule has 1 aliphatic heterocycles. The molecule has 0 aromatic carbocycles. The van der Waals surface area contributed by atoms with Crippen molar-refractivity contribution in [2.24, 2.45) is 0 Å². The van der Waals surface area contributed by atoms with E-state index in [9.17, 15) is 5.11 Å². The van der Waals surface area contributed by atoms with Crippen molar-refractivity contribution < 1.29 is 5.11 Å². The van der Waals surface area contributed by atoms with Crippen LogP contribution >= 0.6 is 11.8 Å². The molecule has 0 radical (unpaired) electrons. The van der Waals surface area contributed by atoms with Crippen molar-refractivity contribution in [1.82, 2.24) is 9.97 Å². The monoisotopic (exact) mass is 240 g/mol. The Labute approximate surface area is 99.1 Å². The highest BCUT2D eigenvalue weighted by Gasteiger charge is 2.32. The molecule has 88 valence electrons. The van der Waals surface area contributed by atoms with E-state index in [1.165, 1.54) is 11.8 Å². The Kier molecular flexibility index (Phi) is 2.94. The lowest BCUT2D eigenvalue weighted by Gasteiger charge is -2.20. The van der Waals surface area contributed by atoms with E-state index < -0.39 is 5.60 Å². The number of aliphatic hydroxyl groups is 1. The van der Waals surface area contributed by atoms with Crippen LogP contribution in [0.4, 0.5) is 11.6 Å². The number of anilines is 2. The summed E-state index contributed by atoms with van der Waals surface area (Å²) >= 11 is 1.46. The number of thioether (sulfide) groups is 1. The zero-order valence-corrected chi connectivity index (χ0v) is 10.3. The summed E-state index contributed by atoms with van der Waals surface area (Å²) in [6, 6.07) is 1.75. The zero-order chi connectivity index (χ0) is 11.8. The minimum atomic E-state index is -0.626. The molecule has 3 N–H and O–H groups in total. The number of nitrogens with two attached hydrogens (primary N) is 1. The molecule has 1 unspecified atom stereocenters. The molecule has 0 amide bonds. The van der Waals surface area contributed by atoms with Gasteiger partial charge >= 0.3 is 0 Å². The highest BCUT2D eigenvalue weighted by atomic mass is 32.2. The maximum absolute atomic E-state index is 9.90. The summed E-state index contributed by atoms with van der Waals surface area (Å²) in [5.74, 6) is 1.27. The first-order valence-electron chi connectivity index (χ1n) is 5.16. The molecule has 1 saturated heterocycles. The minimum Gasteiger partial charge on any atom is -0.388 e. The van der Waals surface area contributed by atoms with Gasteiger partial charge in [-0.3, -0.25) is 0 Å². The second-order valence-corrected chi connectivity index (χ2v) is 5.08. The van der Waals surface area contributed by atoms with Crippen LogP contribution in [0.25, 0.3) is 0 Å². The van der Waals surface area contributed by atoms with Crippen LogP contribution in [0.2, 0.25) is 0 Å². The molecule has 1 fully saturated rings. The van der Waals surface area contributed by atoms with Crippen LogP contribution < -0.4 is 10.6 Å². The predicted molar refractivity (Wildman–Crippen MR) is 65.7 cm³/mol. The van der Waals surface area contributed by atoms with Gasteiger partial charge in [0.25, 0.3) is 0 Å². The maximum atomic E-state index is 9.90. The van der Waals surface area contributed by atoms with Gasteiger partial charge in [-0.05, 0) is 19.6 Å². The third-order valence-corrected chi connectivity index (χ3v) is 3.22. The van der Waals surface area contributed by atoms with Gasteiger partial charge in [-0.1, -0.05) is 11.8 Å². The average molecular weight is 240 g/mol. The van der Waals surface area contributed by atoms with Gasteiger partial charge in [0.2, 0.25) is 0 Å². The number of hydrogen-bond donors (Lipinski definition) is 2. The van der Waals surface area contributed by atoms with E-state index in [0.717, 1.165) is 18.8 Å². The average Bonchev–Trinajstić information content (AvgIpc) is 2.58. The highest BCUT2D eigenvalue weighted by Crippen LogP contribution is 2.26. The Hall–Kier alpha value is -1.01. The molecule has 0 saturated carbocycles. The molecular formula is C10H16N4OS. The fraction of sp³-hybridized carbons (Fsp3) is 0.600. The second kappa shape index (κ2) is 4.10. The first-order valence-corrected chi connectivity index (χ1v) is 6.38. The van der Waals surface area contributed by atoms with Gasteiger partial charge in [-0.25, -0.2) is 9.97 Å². The van der Waals surface area contributed by atoms with E-state index in [1.807, 2.05) is 18.1 Å². The molecule has 1 atom stereocenters. The Morgan fingerprint density at radius 1 is 1.56 bits per heavy atom. The summed E-state index contributed by atoms with van der Waals surface area (Å²) in [4.78, 5) is 10.5. The van der Waals surface area contributed by atoms with Crippen molar-refractivity contribution in [1.29, 1.82) is 0 Å². The topological polar surface area (TPSA) is 75.3 Å². The molecule has 0 bridgehead atoms. The van der Waals surface area contributed by atoms with E-state index in [-0.39, 0.29) is 0 Å². The van der Waals surface area contributed by atoms with E-state index in [2.05, 4.69) is 9.97 Å². The minimum absolute atomic E-state index is 0.473. The van der Waals surface area contributed by atoms with Gasteiger partial charge in [0.1, 0.15) is 11.6 Å². The Balaban J connectivity index is 2.24. The van der Waals surface area contributed by atoms with Crippen molar-refractivity contribution >= 4 is 23.4 Å². The Morgan fingerprint density at radius 3 is 2.88 bits per heavy atom. The molecule has 0 aliphatic carbocycles. The molecule has 1 aromatic rings. The fourth-order valence-electron chi connectivity index (χ4n) is 1.82. The lowest BCUT2D eigenvalue weighted by atomic mass is 10.1. The first-order chi connectivity index (χ1) is 7.50. The van der Waals surface area contributed by atoms with Crippen molar-refractivity contribution in [3.05, 3.63) is 6.07 Å². The van der Waals surface area contributed by atoms with Crippen molar-refractivity contribution in [2.45, 2.75) is 24.1 Å². The molecule has 0 spiro atoms. The first kappa shape index (κ1) is 11.5. The number of aromatic nitrogens is 2. The summed E-state index contributed by atoms with van der Waals surface area (Å²) in [5.41, 5.74) is 5.09. The van der Waals surface area contributed by atoms with E-state index >= 15 is 0 Å². The SMILES string of the molecule is CSc1nc(N)cc(N2CCC(C)(O)C2)n1. The number of β-amino-alcohol motifs (C(OH)–C–C–N with tert-alkyl or cyclic N) is 1. The summed E-state index contributed by atoms with van der Waals surface area (Å²) in [6.07, 6.45) is 2.67. The van der Waals surface area contributed by atoms with Crippen molar-refractivity contribution in [3.63, 3.8) is 0 Å². The zero-order valence-electron chi connectivity index (χ0n) is 9.47. The van der Waals surface area contributed by atoms with Crippen molar-refractivity contribution in [3.8, 4) is 0 Å². The fourth-order valence-corrected chi connectivity index (χ4v) is 2.21. The van der Waals surface area contributed by atoms with Crippen LogP contribution in [0.3, 0.4) is 0 Å². The largest absolute Gasteiger partial charge is 0.388 e. The van der Waals surface area contributed by atoms with Crippen LogP contribution in [0.5, 0.6) is 0 Å². The molecule has 1 aliphatic rings. The Morgan fingerprint density at radius 2 is 2.31 bits per heavy atom. The molecule has 2 heterocycles. The normalized spacial score (nSPS) is 25.1. The van der Waals surface area contributed by atoms with Crippen LogP contribution in [-0.4, -0.2) is 40.0 Å². The number of nitrogens with zero attached hydrogens (tertiary/aromatic N) is 3. The van der Waals surface area contributed by atoms with Gasteiger partial charge in [0, 0.05) is 19.2 Å². The van der Waals surface area contributed by atoms with E-state index in [4.69, 9.17) is 5.73 Å². The van der Waals surface area contributed by atoms with Crippen LogP contribution in [0.15, 0.2) is 11.2 Å². The number of nitrogen functional groups attached to an aromatic ring is 1. The maximum Gasteiger partial charge on any atom is 0.191 e. The molecule has 16 heavy (non-hydrogen) atoms.